The maximum absolute atomic E-state index is 13.4. The molecule has 0 bridgehead atoms. The fourth-order valence-corrected chi connectivity index (χ4v) is 4.23. The van der Waals surface area contributed by atoms with Crippen LogP contribution in [0.4, 0.5) is 0 Å². The van der Waals surface area contributed by atoms with E-state index in [2.05, 4.69) is 6.58 Å². The number of hydrogen-bond acceptors (Lipinski definition) is 5. The summed E-state index contributed by atoms with van der Waals surface area (Å²) in [6.45, 7) is 7.72. The number of ether oxygens (including phenoxy) is 2. The number of benzene rings is 2. The topological polar surface area (TPSA) is 72.9 Å². The lowest BCUT2D eigenvalue weighted by molar-refractivity contribution is -0.139. The van der Waals surface area contributed by atoms with E-state index in [4.69, 9.17) is 9.47 Å². The fraction of sp³-hybridized carbons (Fsp3) is 0.292. The second-order valence-corrected chi connectivity index (χ2v) is 9.08. The molecule has 0 amide bonds. The Hall–Kier alpha value is -2.74. The number of esters is 1. The second-order valence-electron chi connectivity index (χ2n) is 7.14. The maximum atomic E-state index is 13.4. The van der Waals surface area contributed by atoms with Gasteiger partial charge in [0, 0.05) is 27.1 Å². The van der Waals surface area contributed by atoms with E-state index in [1.54, 1.807) is 30.3 Å². The molecule has 0 aromatic heterocycles. The molecule has 6 nitrogen and oxygen atoms in total. The van der Waals surface area contributed by atoms with Crippen molar-refractivity contribution in [3.05, 3.63) is 89.5 Å². The Bertz CT molecular complexity index is 1010. The van der Waals surface area contributed by atoms with Gasteiger partial charge >= 0.3 is 5.97 Å². The molecule has 31 heavy (non-hydrogen) atoms. The molecule has 2 rings (SSSR count). The van der Waals surface area contributed by atoms with Crippen LogP contribution in [0, 0.1) is 6.92 Å². The molecule has 0 aliphatic carbocycles. The molecule has 0 saturated carbocycles. The molecule has 2 aromatic carbocycles. The highest BCUT2D eigenvalue weighted by Crippen LogP contribution is 2.20. The fourth-order valence-electron chi connectivity index (χ4n) is 2.86. The third-order valence-electron chi connectivity index (χ3n) is 4.61. The predicted molar refractivity (Wildman–Crippen MR) is 121 cm³/mol. The van der Waals surface area contributed by atoms with Crippen molar-refractivity contribution in [2.75, 3.05) is 26.9 Å². The van der Waals surface area contributed by atoms with E-state index in [1.807, 2.05) is 37.3 Å². The number of carbonyl (C=O) groups excluding carboxylic acids is 1. The molecule has 2 aromatic rings. The number of nitrogens with zero attached hydrogens (tertiary/aromatic N) is 1. The van der Waals surface area contributed by atoms with E-state index in [1.165, 1.54) is 18.3 Å². The first-order chi connectivity index (χ1) is 14.7. The average molecular weight is 444 g/mol. The number of sulfonamides is 1. The highest BCUT2D eigenvalue weighted by Gasteiger charge is 2.24. The van der Waals surface area contributed by atoms with Crippen LogP contribution in [0.15, 0.2) is 83.3 Å². The van der Waals surface area contributed by atoms with Gasteiger partial charge in [-0.2, -0.15) is 4.31 Å². The van der Waals surface area contributed by atoms with Crippen molar-refractivity contribution in [2.45, 2.75) is 25.3 Å². The average Bonchev–Trinajstić information content (AvgIpc) is 2.73. The van der Waals surface area contributed by atoms with Gasteiger partial charge in [0.15, 0.2) is 0 Å². The zero-order valence-corrected chi connectivity index (χ0v) is 19.0. The molecule has 166 valence electrons. The SMILES string of the molecule is C=C(COC)C(=CCN(Cc1ccccc1)S(=O)(=O)c1ccc(C)cc1)COC(C)=O. The van der Waals surface area contributed by atoms with E-state index in [0.717, 1.165) is 11.1 Å². The second kappa shape index (κ2) is 11.6. The highest BCUT2D eigenvalue weighted by atomic mass is 32.2. The van der Waals surface area contributed by atoms with Crippen LogP contribution in [-0.4, -0.2) is 45.6 Å². The molecule has 0 aliphatic rings. The van der Waals surface area contributed by atoms with E-state index >= 15 is 0 Å². The Kier molecular flexibility index (Phi) is 9.18. The Morgan fingerprint density at radius 1 is 1.06 bits per heavy atom. The Morgan fingerprint density at radius 3 is 2.29 bits per heavy atom. The molecule has 7 heteroatoms. The summed E-state index contributed by atoms with van der Waals surface area (Å²) < 4.78 is 38.4. The Labute approximate surface area is 184 Å². The van der Waals surface area contributed by atoms with Gasteiger partial charge in [-0.15, -0.1) is 0 Å². The summed E-state index contributed by atoms with van der Waals surface area (Å²) in [4.78, 5) is 11.5. The normalized spacial score (nSPS) is 12.1. The number of rotatable bonds is 11. The number of aryl methyl sites for hydroxylation is 1. The van der Waals surface area contributed by atoms with Crippen LogP contribution >= 0.6 is 0 Å². The van der Waals surface area contributed by atoms with Crippen LogP contribution in [0.25, 0.3) is 0 Å². The summed E-state index contributed by atoms with van der Waals surface area (Å²) in [5.41, 5.74) is 3.09. The van der Waals surface area contributed by atoms with E-state index in [-0.39, 0.29) is 31.2 Å². The molecule has 0 N–H and O–H groups in total. The van der Waals surface area contributed by atoms with Crippen LogP contribution in [0.5, 0.6) is 0 Å². The van der Waals surface area contributed by atoms with Crippen LogP contribution in [-0.2, 0) is 30.8 Å². The zero-order valence-electron chi connectivity index (χ0n) is 18.2. The maximum Gasteiger partial charge on any atom is 0.302 e. The van der Waals surface area contributed by atoms with Crippen molar-refractivity contribution in [3.8, 4) is 0 Å². The van der Waals surface area contributed by atoms with Crippen LogP contribution in [0.2, 0.25) is 0 Å². The monoisotopic (exact) mass is 443 g/mol. The van der Waals surface area contributed by atoms with Gasteiger partial charge in [-0.05, 0) is 35.8 Å². The molecule has 0 spiro atoms. The summed E-state index contributed by atoms with van der Waals surface area (Å²) >= 11 is 0. The first-order valence-corrected chi connectivity index (χ1v) is 11.3. The van der Waals surface area contributed by atoms with Crippen molar-refractivity contribution in [1.82, 2.24) is 4.31 Å². The molecular formula is C24H29NO5S. The van der Waals surface area contributed by atoms with Crippen molar-refractivity contribution in [2.24, 2.45) is 0 Å². The molecule has 0 radical (unpaired) electrons. The minimum absolute atomic E-state index is 0.00127. The van der Waals surface area contributed by atoms with Crippen molar-refractivity contribution < 1.29 is 22.7 Å². The smallest absolute Gasteiger partial charge is 0.302 e. The first-order valence-electron chi connectivity index (χ1n) is 9.84. The highest BCUT2D eigenvalue weighted by molar-refractivity contribution is 7.89. The van der Waals surface area contributed by atoms with Gasteiger partial charge in [-0.25, -0.2) is 8.42 Å². The molecule has 0 fully saturated rings. The van der Waals surface area contributed by atoms with E-state index in [9.17, 15) is 13.2 Å². The van der Waals surface area contributed by atoms with Gasteiger partial charge in [0.2, 0.25) is 10.0 Å². The summed E-state index contributed by atoms with van der Waals surface area (Å²) in [6.07, 6.45) is 1.72. The minimum Gasteiger partial charge on any atom is -0.461 e. The quantitative estimate of drug-likeness (QED) is 0.389. The molecule has 0 aliphatic heterocycles. The van der Waals surface area contributed by atoms with Gasteiger partial charge in [0.05, 0.1) is 11.5 Å². The van der Waals surface area contributed by atoms with Gasteiger partial charge in [0.25, 0.3) is 0 Å². The summed E-state index contributed by atoms with van der Waals surface area (Å²) in [5.74, 6) is -0.426. The standard InChI is InChI=1S/C24H29NO5S/c1-19-10-12-24(13-11-19)31(27,28)25(16-22-8-6-5-7-9-22)15-14-23(18-30-21(3)26)20(2)17-29-4/h5-14H,2,15-18H2,1,3-4H3. The molecule has 0 heterocycles. The van der Waals surface area contributed by atoms with Crippen LogP contribution in [0.3, 0.4) is 0 Å². The van der Waals surface area contributed by atoms with Crippen LogP contribution in [0.1, 0.15) is 18.1 Å². The van der Waals surface area contributed by atoms with Crippen molar-refractivity contribution in [3.63, 3.8) is 0 Å². The van der Waals surface area contributed by atoms with Gasteiger partial charge in [-0.1, -0.05) is 60.7 Å². The van der Waals surface area contributed by atoms with Crippen molar-refractivity contribution >= 4 is 16.0 Å². The third-order valence-corrected chi connectivity index (χ3v) is 6.43. The molecule has 0 saturated heterocycles. The Balaban J connectivity index is 2.38. The zero-order chi connectivity index (χ0) is 22.9. The van der Waals surface area contributed by atoms with Crippen LogP contribution < -0.4 is 0 Å². The van der Waals surface area contributed by atoms with Gasteiger partial charge in [0.1, 0.15) is 6.61 Å². The summed E-state index contributed by atoms with van der Waals surface area (Å²) in [5, 5.41) is 0. The lowest BCUT2D eigenvalue weighted by Gasteiger charge is -2.22. The van der Waals surface area contributed by atoms with Gasteiger partial charge in [-0.3, -0.25) is 4.79 Å². The summed E-state index contributed by atoms with van der Waals surface area (Å²) in [6, 6.07) is 16.1. The molecule has 0 unspecified atom stereocenters. The lowest BCUT2D eigenvalue weighted by atomic mass is 10.1. The van der Waals surface area contributed by atoms with Gasteiger partial charge < -0.3 is 9.47 Å². The first kappa shape index (κ1) is 24.5. The largest absolute Gasteiger partial charge is 0.461 e. The number of carbonyl (C=O) groups is 1. The Morgan fingerprint density at radius 2 is 1.71 bits per heavy atom. The molecule has 0 atom stereocenters. The minimum atomic E-state index is -3.76. The number of methoxy groups -OCH3 is 1. The third kappa shape index (κ3) is 7.47. The van der Waals surface area contributed by atoms with Crippen molar-refractivity contribution in [1.29, 1.82) is 0 Å². The lowest BCUT2D eigenvalue weighted by Crippen LogP contribution is -2.31. The predicted octanol–water partition coefficient (Wildman–Crippen LogP) is 3.88. The van der Waals surface area contributed by atoms with E-state index in [0.29, 0.717) is 11.1 Å². The van der Waals surface area contributed by atoms with E-state index < -0.39 is 16.0 Å². The molecular weight excluding hydrogens is 414 g/mol. The summed E-state index contributed by atoms with van der Waals surface area (Å²) in [7, 11) is -2.22. The number of hydrogen-bond donors (Lipinski definition) is 0.